The van der Waals surface area contributed by atoms with Gasteiger partial charge in [0.25, 0.3) is 0 Å². The number of allylic oxidation sites excluding steroid dienone is 1. The van der Waals surface area contributed by atoms with Crippen LogP contribution in [0.4, 0.5) is 0 Å². The largest absolute Gasteiger partial charge is 0.478 e. The second-order valence-electron chi connectivity index (χ2n) is 5.64. The van der Waals surface area contributed by atoms with Crippen LogP contribution in [-0.2, 0) is 10.2 Å². The van der Waals surface area contributed by atoms with E-state index in [-0.39, 0.29) is 5.41 Å². The van der Waals surface area contributed by atoms with Gasteiger partial charge in [-0.1, -0.05) is 45.9 Å². The summed E-state index contributed by atoms with van der Waals surface area (Å²) < 4.78 is 0. The van der Waals surface area contributed by atoms with Crippen molar-refractivity contribution >= 4 is 11.5 Å². The molecule has 2 nitrogen and oxygen atoms in total. The van der Waals surface area contributed by atoms with E-state index >= 15 is 0 Å². The minimum absolute atomic E-state index is 0.0716. The van der Waals surface area contributed by atoms with Crippen molar-refractivity contribution in [2.24, 2.45) is 0 Å². The molecule has 0 saturated carbocycles. The fourth-order valence-corrected chi connectivity index (χ4v) is 2.17. The molecular formula is C16H22O2. The lowest BCUT2D eigenvalue weighted by Gasteiger charge is -2.23. The second-order valence-corrected chi connectivity index (χ2v) is 5.64. The number of carbonyl (C=O) groups is 1. The predicted molar refractivity (Wildman–Crippen MR) is 75.8 cm³/mol. The summed E-state index contributed by atoms with van der Waals surface area (Å²) in [5, 5.41) is 8.88. The highest BCUT2D eigenvalue weighted by Gasteiger charge is 2.17. The molecule has 18 heavy (non-hydrogen) atoms. The smallest absolute Gasteiger partial charge is 0.328 e. The Bertz CT molecular complexity index is 476. The number of hydrogen-bond acceptors (Lipinski definition) is 1. The Kier molecular flexibility index (Phi) is 4.33. The summed E-state index contributed by atoms with van der Waals surface area (Å²) >= 11 is 0. The first kappa shape index (κ1) is 14.5. The van der Waals surface area contributed by atoms with E-state index in [9.17, 15) is 4.79 Å². The van der Waals surface area contributed by atoms with Crippen LogP contribution in [-0.4, -0.2) is 11.1 Å². The van der Waals surface area contributed by atoms with Crippen molar-refractivity contribution < 1.29 is 9.90 Å². The number of hydrogen-bond donors (Lipinski definition) is 1. The average molecular weight is 246 g/mol. The Balaban J connectivity index is 3.32. The minimum atomic E-state index is -0.885. The molecule has 1 N–H and O–H groups in total. The van der Waals surface area contributed by atoms with Gasteiger partial charge in [0.15, 0.2) is 0 Å². The van der Waals surface area contributed by atoms with Crippen molar-refractivity contribution in [2.45, 2.75) is 46.5 Å². The molecule has 0 heterocycles. The van der Waals surface area contributed by atoms with Gasteiger partial charge in [0.05, 0.1) is 0 Å². The van der Waals surface area contributed by atoms with E-state index in [1.165, 1.54) is 17.2 Å². The molecule has 1 aromatic carbocycles. The monoisotopic (exact) mass is 246 g/mol. The third kappa shape index (κ3) is 3.46. The van der Waals surface area contributed by atoms with Crippen LogP contribution in [0.15, 0.2) is 24.3 Å². The fourth-order valence-electron chi connectivity index (χ4n) is 2.17. The number of benzene rings is 1. The molecule has 2 heteroatoms. The lowest BCUT2D eigenvalue weighted by Crippen LogP contribution is -2.13. The van der Waals surface area contributed by atoms with Crippen molar-refractivity contribution in [1.82, 2.24) is 0 Å². The zero-order chi connectivity index (χ0) is 13.9. The topological polar surface area (TPSA) is 37.3 Å². The number of rotatable bonds is 3. The SMILES string of the molecule is CC/C(=C\C(=O)O)c1ccc(C)c(C(C)(C)C)c1. The summed E-state index contributed by atoms with van der Waals surface area (Å²) in [7, 11) is 0. The molecule has 0 radical (unpaired) electrons. The van der Waals surface area contributed by atoms with Crippen LogP contribution in [0.3, 0.4) is 0 Å². The molecule has 0 bridgehead atoms. The third-order valence-corrected chi connectivity index (χ3v) is 3.09. The highest BCUT2D eigenvalue weighted by Crippen LogP contribution is 2.29. The molecular weight excluding hydrogens is 224 g/mol. The molecule has 0 amide bonds. The van der Waals surface area contributed by atoms with E-state index < -0.39 is 5.97 Å². The maximum atomic E-state index is 10.8. The lowest BCUT2D eigenvalue weighted by atomic mass is 9.82. The first-order chi connectivity index (χ1) is 8.25. The molecule has 1 rings (SSSR count). The minimum Gasteiger partial charge on any atom is -0.478 e. The zero-order valence-electron chi connectivity index (χ0n) is 11.9. The third-order valence-electron chi connectivity index (χ3n) is 3.09. The molecule has 0 atom stereocenters. The summed E-state index contributed by atoms with van der Waals surface area (Å²) in [6.45, 7) is 10.6. The summed E-state index contributed by atoms with van der Waals surface area (Å²) in [6.07, 6.45) is 2.02. The molecule has 0 spiro atoms. The summed E-state index contributed by atoms with van der Waals surface area (Å²) in [5.74, 6) is -0.885. The predicted octanol–water partition coefficient (Wildman–Crippen LogP) is 4.17. The number of aliphatic carboxylic acids is 1. The molecule has 0 saturated heterocycles. The van der Waals surface area contributed by atoms with E-state index in [0.29, 0.717) is 0 Å². The van der Waals surface area contributed by atoms with Crippen LogP contribution < -0.4 is 0 Å². The van der Waals surface area contributed by atoms with Gasteiger partial charge in [0, 0.05) is 6.08 Å². The van der Waals surface area contributed by atoms with Crippen LogP contribution in [0.5, 0.6) is 0 Å². The molecule has 0 aromatic heterocycles. The van der Waals surface area contributed by atoms with Crippen molar-refractivity contribution in [3.8, 4) is 0 Å². The Morgan fingerprint density at radius 3 is 2.39 bits per heavy atom. The van der Waals surface area contributed by atoms with Crippen LogP contribution in [0.1, 0.15) is 50.8 Å². The van der Waals surface area contributed by atoms with E-state index in [1.807, 2.05) is 13.0 Å². The van der Waals surface area contributed by atoms with Gasteiger partial charge in [-0.3, -0.25) is 0 Å². The summed E-state index contributed by atoms with van der Waals surface area (Å²) in [5.41, 5.74) is 4.47. The van der Waals surface area contributed by atoms with Gasteiger partial charge in [-0.05, 0) is 41.0 Å². The number of carboxylic acids is 1. The highest BCUT2D eigenvalue weighted by molar-refractivity contribution is 5.90. The van der Waals surface area contributed by atoms with Crippen LogP contribution >= 0.6 is 0 Å². The standard InChI is InChI=1S/C16H22O2/c1-6-12(10-15(17)18)13-8-7-11(2)14(9-13)16(3,4)5/h7-10H,6H2,1-5H3,(H,17,18)/b12-10+. The maximum absolute atomic E-state index is 10.8. The normalized spacial score (nSPS) is 12.6. The van der Waals surface area contributed by atoms with Crippen LogP contribution in [0.25, 0.3) is 5.57 Å². The Morgan fingerprint density at radius 1 is 1.33 bits per heavy atom. The fraction of sp³-hybridized carbons (Fsp3) is 0.438. The summed E-state index contributed by atoms with van der Waals surface area (Å²) in [4.78, 5) is 10.8. The van der Waals surface area contributed by atoms with Crippen molar-refractivity contribution in [3.05, 3.63) is 41.0 Å². The van der Waals surface area contributed by atoms with Crippen molar-refractivity contribution in [3.63, 3.8) is 0 Å². The second kappa shape index (κ2) is 5.38. The van der Waals surface area contributed by atoms with E-state index in [2.05, 4.69) is 39.8 Å². The Hall–Kier alpha value is -1.57. The zero-order valence-corrected chi connectivity index (χ0v) is 11.9. The maximum Gasteiger partial charge on any atom is 0.328 e. The van der Waals surface area contributed by atoms with Gasteiger partial charge in [0.1, 0.15) is 0 Å². The van der Waals surface area contributed by atoms with Gasteiger partial charge >= 0.3 is 5.97 Å². The first-order valence-corrected chi connectivity index (χ1v) is 6.30. The van der Waals surface area contributed by atoms with Gasteiger partial charge in [-0.25, -0.2) is 4.79 Å². The first-order valence-electron chi connectivity index (χ1n) is 6.30. The quantitative estimate of drug-likeness (QED) is 0.813. The van der Waals surface area contributed by atoms with E-state index in [0.717, 1.165) is 17.6 Å². The summed E-state index contributed by atoms with van der Waals surface area (Å²) in [6, 6.07) is 6.19. The van der Waals surface area contributed by atoms with Crippen LogP contribution in [0, 0.1) is 6.92 Å². The average Bonchev–Trinajstić information content (AvgIpc) is 2.25. The highest BCUT2D eigenvalue weighted by atomic mass is 16.4. The number of carboxylic acid groups (broad SMARTS) is 1. The molecule has 0 fully saturated rings. The Labute approximate surface area is 109 Å². The molecule has 0 unspecified atom stereocenters. The van der Waals surface area contributed by atoms with Gasteiger partial charge in [0.2, 0.25) is 0 Å². The molecule has 0 aliphatic carbocycles. The molecule has 0 aliphatic rings. The van der Waals surface area contributed by atoms with Gasteiger partial charge < -0.3 is 5.11 Å². The molecule has 0 aliphatic heterocycles. The Morgan fingerprint density at radius 2 is 1.94 bits per heavy atom. The number of aryl methyl sites for hydroxylation is 1. The molecule has 1 aromatic rings. The van der Waals surface area contributed by atoms with E-state index in [1.54, 1.807) is 0 Å². The van der Waals surface area contributed by atoms with Gasteiger partial charge in [-0.2, -0.15) is 0 Å². The van der Waals surface area contributed by atoms with Crippen molar-refractivity contribution in [1.29, 1.82) is 0 Å². The van der Waals surface area contributed by atoms with Crippen molar-refractivity contribution in [2.75, 3.05) is 0 Å². The van der Waals surface area contributed by atoms with E-state index in [4.69, 9.17) is 5.11 Å². The van der Waals surface area contributed by atoms with Crippen LogP contribution in [0.2, 0.25) is 0 Å². The molecule has 98 valence electrons. The van der Waals surface area contributed by atoms with Gasteiger partial charge in [-0.15, -0.1) is 0 Å². The lowest BCUT2D eigenvalue weighted by molar-refractivity contribution is -0.131.